The van der Waals surface area contributed by atoms with Gasteiger partial charge in [0, 0.05) is 57.9 Å². The van der Waals surface area contributed by atoms with Gasteiger partial charge in [-0.05, 0) is 32.9 Å². The molecule has 0 saturated heterocycles. The molecule has 7 heteroatoms. The first-order valence-electron chi connectivity index (χ1n) is 9.69. The maximum Gasteiger partial charge on any atom is 0.240 e. The number of nitrogens with zero attached hydrogens (tertiary/aromatic N) is 2. The Bertz CT molecular complexity index is 1030. The molecule has 0 unspecified atom stereocenters. The third kappa shape index (κ3) is 5.10. The Labute approximate surface area is 179 Å². The number of hydrazone groups is 1. The molecule has 0 radical (unpaired) electrons. The van der Waals surface area contributed by atoms with Gasteiger partial charge in [-0.3, -0.25) is 9.59 Å². The van der Waals surface area contributed by atoms with Crippen molar-refractivity contribution in [2.45, 2.75) is 33.6 Å². The minimum Gasteiger partial charge on any atom is -0.364 e. The van der Waals surface area contributed by atoms with Crippen LogP contribution in [-0.2, 0) is 4.79 Å². The monoisotopic (exact) mass is 427 g/mol. The molecule has 1 N–H and O–H groups in total. The first kappa shape index (κ1) is 21.2. The molecule has 0 spiro atoms. The Hall–Kier alpha value is -2.51. The van der Waals surface area contributed by atoms with E-state index in [-0.39, 0.29) is 24.5 Å². The largest absolute Gasteiger partial charge is 0.364 e. The van der Waals surface area contributed by atoms with E-state index in [1.54, 1.807) is 22.7 Å². The van der Waals surface area contributed by atoms with Crippen LogP contribution in [-0.4, -0.2) is 30.5 Å². The SMILES string of the molecule is CCN(CC)c1cc(C(=O)CCC(=O)N/N=C(\C)c2csc3ccccc23)cs1. The number of anilines is 1. The number of hydrogen-bond donors (Lipinski definition) is 1. The van der Waals surface area contributed by atoms with Crippen LogP contribution in [0.1, 0.15) is 49.5 Å². The first-order valence-corrected chi connectivity index (χ1v) is 11.5. The summed E-state index contributed by atoms with van der Waals surface area (Å²) in [6.45, 7) is 7.88. The van der Waals surface area contributed by atoms with Crippen molar-refractivity contribution in [1.29, 1.82) is 0 Å². The lowest BCUT2D eigenvalue weighted by atomic mass is 10.1. The van der Waals surface area contributed by atoms with Crippen molar-refractivity contribution < 1.29 is 9.59 Å². The zero-order chi connectivity index (χ0) is 20.8. The molecule has 0 fully saturated rings. The molecule has 29 heavy (non-hydrogen) atoms. The van der Waals surface area contributed by atoms with E-state index in [1.165, 1.54) is 4.70 Å². The summed E-state index contributed by atoms with van der Waals surface area (Å²) in [5, 5.41) is 10.4. The number of Topliss-reactive ketones (excluding diaryl/α,β-unsaturated/α-hetero) is 1. The quantitative estimate of drug-likeness (QED) is 0.286. The average Bonchev–Trinajstić information content (AvgIpc) is 3.39. The minimum atomic E-state index is -0.253. The van der Waals surface area contributed by atoms with Gasteiger partial charge in [0.1, 0.15) is 0 Å². The number of carbonyl (C=O) groups is 2. The molecule has 0 aliphatic heterocycles. The fourth-order valence-corrected chi connectivity index (χ4v) is 5.12. The second-order valence-electron chi connectivity index (χ2n) is 6.65. The zero-order valence-corrected chi connectivity index (χ0v) is 18.5. The van der Waals surface area contributed by atoms with Crippen LogP contribution < -0.4 is 10.3 Å². The summed E-state index contributed by atoms with van der Waals surface area (Å²) in [4.78, 5) is 26.8. The highest BCUT2D eigenvalue weighted by atomic mass is 32.1. The summed E-state index contributed by atoms with van der Waals surface area (Å²) >= 11 is 3.22. The van der Waals surface area contributed by atoms with E-state index in [9.17, 15) is 9.59 Å². The van der Waals surface area contributed by atoms with E-state index in [0.717, 1.165) is 34.8 Å². The van der Waals surface area contributed by atoms with Gasteiger partial charge in [0.05, 0.1) is 10.7 Å². The smallest absolute Gasteiger partial charge is 0.240 e. The number of ketones is 1. The molecule has 2 heterocycles. The van der Waals surface area contributed by atoms with E-state index in [4.69, 9.17) is 0 Å². The van der Waals surface area contributed by atoms with Crippen LogP contribution in [0.4, 0.5) is 5.00 Å². The molecule has 1 aromatic carbocycles. The third-order valence-electron chi connectivity index (χ3n) is 4.78. The second kappa shape index (κ2) is 9.80. The van der Waals surface area contributed by atoms with Gasteiger partial charge in [0.25, 0.3) is 0 Å². The van der Waals surface area contributed by atoms with Gasteiger partial charge in [-0.15, -0.1) is 22.7 Å². The van der Waals surface area contributed by atoms with Gasteiger partial charge in [0.15, 0.2) is 5.78 Å². The predicted octanol–water partition coefficient (Wildman–Crippen LogP) is 5.31. The molecule has 2 aromatic heterocycles. The van der Waals surface area contributed by atoms with E-state index in [2.05, 4.69) is 35.3 Å². The van der Waals surface area contributed by atoms with Crippen LogP contribution in [0.25, 0.3) is 10.1 Å². The third-order valence-corrected chi connectivity index (χ3v) is 6.73. The number of amides is 1. The van der Waals surface area contributed by atoms with Crippen LogP contribution in [0.2, 0.25) is 0 Å². The number of nitrogens with one attached hydrogen (secondary N) is 1. The molecule has 3 rings (SSSR count). The van der Waals surface area contributed by atoms with Gasteiger partial charge in [-0.1, -0.05) is 18.2 Å². The first-order chi connectivity index (χ1) is 14.0. The van der Waals surface area contributed by atoms with Crippen molar-refractivity contribution in [3.8, 4) is 0 Å². The topological polar surface area (TPSA) is 61.8 Å². The molecule has 0 saturated carbocycles. The highest BCUT2D eigenvalue weighted by Gasteiger charge is 2.13. The Balaban J connectivity index is 1.54. The summed E-state index contributed by atoms with van der Waals surface area (Å²) < 4.78 is 1.19. The van der Waals surface area contributed by atoms with Gasteiger partial charge in [0.2, 0.25) is 5.91 Å². The molecule has 1 amide bonds. The Morgan fingerprint density at radius 2 is 1.83 bits per heavy atom. The highest BCUT2D eigenvalue weighted by Crippen LogP contribution is 2.27. The van der Waals surface area contributed by atoms with Crippen LogP contribution in [0.3, 0.4) is 0 Å². The number of carbonyl (C=O) groups excluding carboxylic acids is 2. The van der Waals surface area contributed by atoms with Crippen molar-refractivity contribution in [2.75, 3.05) is 18.0 Å². The Morgan fingerprint density at radius 3 is 2.59 bits per heavy atom. The van der Waals surface area contributed by atoms with E-state index >= 15 is 0 Å². The summed E-state index contributed by atoms with van der Waals surface area (Å²) in [7, 11) is 0. The fourth-order valence-electron chi connectivity index (χ4n) is 3.06. The lowest BCUT2D eigenvalue weighted by molar-refractivity contribution is -0.121. The number of hydrogen-bond acceptors (Lipinski definition) is 6. The molecule has 0 atom stereocenters. The van der Waals surface area contributed by atoms with Gasteiger partial charge in [-0.2, -0.15) is 5.10 Å². The Kier molecular flexibility index (Phi) is 7.17. The second-order valence-corrected chi connectivity index (χ2v) is 8.45. The van der Waals surface area contributed by atoms with Crippen molar-refractivity contribution in [3.05, 3.63) is 52.2 Å². The number of thiophene rings is 2. The number of rotatable bonds is 9. The van der Waals surface area contributed by atoms with Gasteiger partial charge >= 0.3 is 0 Å². The molecule has 0 aliphatic rings. The predicted molar refractivity (Wildman–Crippen MR) is 124 cm³/mol. The van der Waals surface area contributed by atoms with Crippen molar-refractivity contribution >= 4 is 55.2 Å². The molecule has 152 valence electrons. The van der Waals surface area contributed by atoms with Crippen LogP contribution >= 0.6 is 22.7 Å². The number of benzene rings is 1. The summed E-state index contributed by atoms with van der Waals surface area (Å²) in [5.41, 5.74) is 5.03. The molecular formula is C22H25N3O2S2. The Morgan fingerprint density at radius 1 is 1.07 bits per heavy atom. The van der Waals surface area contributed by atoms with E-state index in [0.29, 0.717) is 5.56 Å². The fraction of sp³-hybridized carbons (Fsp3) is 0.318. The van der Waals surface area contributed by atoms with E-state index in [1.807, 2.05) is 41.9 Å². The lowest BCUT2D eigenvalue weighted by Gasteiger charge is -2.17. The van der Waals surface area contributed by atoms with Crippen LogP contribution in [0, 0.1) is 0 Å². The average molecular weight is 428 g/mol. The lowest BCUT2D eigenvalue weighted by Crippen LogP contribution is -2.20. The normalized spacial score (nSPS) is 11.6. The molecule has 0 bridgehead atoms. The molecule has 5 nitrogen and oxygen atoms in total. The standard InChI is InChI=1S/C22H25N3O2S2/c1-4-25(5-2)22-12-16(13-29-22)19(26)10-11-21(27)24-23-15(3)18-14-28-20-9-7-6-8-17(18)20/h6-9,12-14H,4-5,10-11H2,1-3H3,(H,24,27)/b23-15+. The number of fused-ring (bicyclic) bond motifs is 1. The highest BCUT2D eigenvalue weighted by molar-refractivity contribution is 7.17. The van der Waals surface area contributed by atoms with Gasteiger partial charge < -0.3 is 4.90 Å². The summed E-state index contributed by atoms with van der Waals surface area (Å²) in [6, 6.07) is 10.0. The van der Waals surface area contributed by atoms with Crippen molar-refractivity contribution in [1.82, 2.24) is 5.43 Å². The maximum atomic E-state index is 12.4. The van der Waals surface area contributed by atoms with Crippen molar-refractivity contribution in [3.63, 3.8) is 0 Å². The molecular weight excluding hydrogens is 402 g/mol. The zero-order valence-electron chi connectivity index (χ0n) is 16.9. The van der Waals surface area contributed by atoms with Gasteiger partial charge in [-0.25, -0.2) is 5.43 Å². The maximum absolute atomic E-state index is 12.4. The molecule has 3 aromatic rings. The summed E-state index contributed by atoms with van der Waals surface area (Å²) in [5.74, 6) is -0.268. The molecule has 0 aliphatic carbocycles. The van der Waals surface area contributed by atoms with E-state index < -0.39 is 0 Å². The van der Waals surface area contributed by atoms with Crippen LogP contribution in [0.5, 0.6) is 0 Å². The van der Waals surface area contributed by atoms with Crippen LogP contribution in [0.15, 0.2) is 46.2 Å². The van der Waals surface area contributed by atoms with Crippen molar-refractivity contribution in [2.24, 2.45) is 5.10 Å². The minimum absolute atomic E-state index is 0.0145. The summed E-state index contributed by atoms with van der Waals surface area (Å²) in [6.07, 6.45) is 0.298.